The monoisotopic (exact) mass is 471 g/mol. The fraction of sp³-hybridized carbons (Fsp3) is 0.500. The Morgan fingerprint density at radius 1 is 0.933 bits per heavy atom. The summed E-state index contributed by atoms with van der Waals surface area (Å²) in [6.45, 7) is 4.83. The number of hydrogen-bond acceptors (Lipinski definition) is 11. The fourth-order valence-corrected chi connectivity index (χ4v) is 4.14. The van der Waals surface area contributed by atoms with Crippen molar-refractivity contribution in [2.45, 2.75) is 19.8 Å². The van der Waals surface area contributed by atoms with E-state index in [0.717, 1.165) is 57.3 Å². The van der Waals surface area contributed by atoms with E-state index in [1.165, 1.54) is 34.6 Å². The highest BCUT2D eigenvalue weighted by molar-refractivity contribution is 6.99. The molecule has 2 aliphatic rings. The number of aromatic nitrogens is 4. The third-order valence-electron chi connectivity index (χ3n) is 4.40. The molecule has 12 heteroatoms. The Morgan fingerprint density at radius 3 is 1.70 bits per heavy atom. The number of aliphatic carboxylic acids is 1. The maximum absolute atomic E-state index is 8.89. The van der Waals surface area contributed by atoms with Crippen molar-refractivity contribution in [3.05, 3.63) is 23.5 Å². The van der Waals surface area contributed by atoms with Crippen LogP contribution in [-0.2, 0) is 4.79 Å². The number of carbonyl (C=O) groups excluding carboxylic acids is 1. The highest BCUT2D eigenvalue weighted by Crippen LogP contribution is 2.34. The van der Waals surface area contributed by atoms with Crippen molar-refractivity contribution in [1.82, 2.24) is 27.3 Å². The molecule has 0 spiro atoms. The summed E-state index contributed by atoms with van der Waals surface area (Å²) < 4.78 is 23.7. The zero-order valence-corrected chi connectivity index (χ0v) is 19.5. The molecule has 2 aliphatic heterocycles. The molecule has 0 unspecified atom stereocenters. The largest absolute Gasteiger partial charge is 0.550 e. The third-order valence-corrected chi connectivity index (χ3v) is 5.43. The van der Waals surface area contributed by atoms with Crippen LogP contribution in [0.15, 0.2) is 12.2 Å². The van der Waals surface area contributed by atoms with Crippen LogP contribution in [0.25, 0.3) is 11.1 Å². The normalized spacial score (nSPS) is 17.2. The minimum atomic E-state index is -1.08. The van der Waals surface area contributed by atoms with Gasteiger partial charge < -0.3 is 24.4 Å². The molecule has 0 saturated carbocycles. The molecule has 0 aromatic carbocycles. The van der Waals surface area contributed by atoms with Gasteiger partial charge in [-0.15, -0.1) is 21.2 Å². The van der Waals surface area contributed by atoms with E-state index >= 15 is 0 Å². The molecule has 2 aromatic rings. The van der Waals surface area contributed by atoms with Gasteiger partial charge >= 0.3 is 0 Å². The minimum Gasteiger partial charge on any atom is -0.550 e. The van der Waals surface area contributed by atoms with Crippen molar-refractivity contribution in [3.63, 3.8) is 0 Å². The molecule has 0 radical (unpaired) electrons. The number of carboxylic acid groups (broad SMARTS) is 1. The van der Waals surface area contributed by atoms with Crippen molar-refractivity contribution in [3.8, 4) is 11.8 Å². The Labute approximate surface area is 190 Å². The first-order chi connectivity index (χ1) is 13.9. The first-order valence-electron chi connectivity index (χ1n) is 9.20. The number of rotatable bonds is 4. The van der Waals surface area contributed by atoms with Gasteiger partial charge in [-0.1, -0.05) is 12.2 Å². The lowest BCUT2D eigenvalue weighted by atomic mass is 10.1. The van der Waals surface area contributed by atoms with Gasteiger partial charge in [-0.2, -0.15) is 8.75 Å². The average molecular weight is 472 g/mol. The Balaban J connectivity index is 0.000000591. The van der Waals surface area contributed by atoms with Crippen molar-refractivity contribution in [2.24, 2.45) is 0 Å². The standard InChI is InChI=1S/C16H20N6OS2.C2H4O2.ClH/c1-21-7-3-5-11(9-21)13-15(19-24-17-13)23-16-14(18-25-20-16)12-6-4-8-22(2)10-12;1-2(3)4;/h5-6H,3-4,7-10H2,1-2H3;1H3,(H,3,4);1H/p-1. The van der Waals surface area contributed by atoms with E-state index in [0.29, 0.717) is 11.8 Å². The highest BCUT2D eigenvalue weighted by Gasteiger charge is 2.23. The number of carbonyl (C=O) groups is 1. The van der Waals surface area contributed by atoms with Gasteiger partial charge in [-0.25, -0.2) is 0 Å². The predicted molar refractivity (Wildman–Crippen MR) is 118 cm³/mol. The number of ether oxygens (including phenoxy) is 1. The molecule has 0 aliphatic carbocycles. The van der Waals surface area contributed by atoms with Gasteiger partial charge in [0.2, 0.25) is 0 Å². The Bertz CT molecular complexity index is 843. The summed E-state index contributed by atoms with van der Waals surface area (Å²) in [5.74, 6) is -0.0180. The molecule has 0 bridgehead atoms. The van der Waals surface area contributed by atoms with Gasteiger partial charge in [-0.05, 0) is 45.0 Å². The molecule has 9 nitrogen and oxygen atoms in total. The summed E-state index contributed by atoms with van der Waals surface area (Å²) in [5.41, 5.74) is 3.98. The van der Waals surface area contributed by atoms with Crippen LogP contribution < -0.4 is 9.84 Å². The van der Waals surface area contributed by atoms with Crippen LogP contribution in [0.4, 0.5) is 0 Å². The van der Waals surface area contributed by atoms with Crippen molar-refractivity contribution < 1.29 is 14.6 Å². The number of likely N-dealkylation sites (N-methyl/N-ethyl adjacent to an activating group) is 2. The van der Waals surface area contributed by atoms with E-state index < -0.39 is 5.97 Å². The smallest absolute Gasteiger partial charge is 0.260 e. The van der Waals surface area contributed by atoms with Crippen LogP contribution in [0.2, 0.25) is 0 Å². The molecule has 164 valence electrons. The molecule has 30 heavy (non-hydrogen) atoms. The van der Waals surface area contributed by atoms with E-state index in [1.54, 1.807) is 0 Å². The summed E-state index contributed by atoms with van der Waals surface area (Å²) >= 11 is 2.35. The first-order valence-corrected chi connectivity index (χ1v) is 10.7. The van der Waals surface area contributed by atoms with E-state index in [4.69, 9.17) is 14.6 Å². The topological polar surface area (TPSA) is 107 Å². The van der Waals surface area contributed by atoms with Crippen LogP contribution in [0.1, 0.15) is 31.2 Å². The van der Waals surface area contributed by atoms with Crippen LogP contribution in [0, 0.1) is 0 Å². The molecular weight excluding hydrogens is 448 g/mol. The predicted octanol–water partition coefficient (Wildman–Crippen LogP) is 1.80. The molecule has 0 fully saturated rings. The van der Waals surface area contributed by atoms with E-state index in [2.05, 4.69) is 53.5 Å². The zero-order valence-electron chi connectivity index (χ0n) is 17.0. The Hall–Kier alpha value is -1.92. The number of halogens is 1. The summed E-state index contributed by atoms with van der Waals surface area (Å²) in [4.78, 5) is 13.4. The van der Waals surface area contributed by atoms with Gasteiger partial charge in [0.05, 0.1) is 23.5 Å². The Kier molecular flexibility index (Phi) is 9.31. The SMILES string of the molecule is CC(=O)[O-].CN1CCC=C(c2nsnc2Oc2nsnc2C2=CCCN(C)C2)C1.Cl. The molecule has 2 aromatic heterocycles. The van der Waals surface area contributed by atoms with E-state index in [-0.39, 0.29) is 12.4 Å². The summed E-state index contributed by atoms with van der Waals surface area (Å²) in [6.07, 6.45) is 6.49. The van der Waals surface area contributed by atoms with Crippen LogP contribution in [0.5, 0.6) is 11.8 Å². The summed E-state index contributed by atoms with van der Waals surface area (Å²) in [6, 6.07) is 0. The fourth-order valence-electron chi connectivity index (χ4n) is 3.11. The summed E-state index contributed by atoms with van der Waals surface area (Å²) in [7, 11) is 4.23. The van der Waals surface area contributed by atoms with Gasteiger partial charge in [0.15, 0.2) is 0 Å². The van der Waals surface area contributed by atoms with Crippen molar-refractivity contribution >= 4 is 53.0 Å². The van der Waals surface area contributed by atoms with Crippen LogP contribution in [0.3, 0.4) is 0 Å². The zero-order chi connectivity index (χ0) is 20.8. The summed E-state index contributed by atoms with van der Waals surface area (Å²) in [5, 5.41) is 8.89. The molecule has 0 N–H and O–H groups in total. The third kappa shape index (κ3) is 6.54. The van der Waals surface area contributed by atoms with Crippen LogP contribution >= 0.6 is 35.9 Å². The van der Waals surface area contributed by atoms with Crippen molar-refractivity contribution in [2.75, 3.05) is 40.3 Å². The van der Waals surface area contributed by atoms with E-state index in [1.807, 2.05) is 0 Å². The minimum absolute atomic E-state index is 0. The molecule has 0 amide bonds. The highest BCUT2D eigenvalue weighted by atomic mass is 35.5. The lowest BCUT2D eigenvalue weighted by Crippen LogP contribution is -2.25. The van der Waals surface area contributed by atoms with Gasteiger partial charge in [0.25, 0.3) is 11.8 Å². The maximum Gasteiger partial charge on any atom is 0.260 e. The quantitative estimate of drug-likeness (QED) is 0.659. The molecule has 0 atom stereocenters. The molecule has 0 saturated heterocycles. The number of carboxylic acids is 1. The number of nitrogens with zero attached hydrogens (tertiary/aromatic N) is 6. The Morgan fingerprint density at radius 2 is 1.33 bits per heavy atom. The van der Waals surface area contributed by atoms with Gasteiger partial charge in [0.1, 0.15) is 11.4 Å². The first kappa shape index (κ1) is 24.4. The lowest BCUT2D eigenvalue weighted by Gasteiger charge is -2.22. The second kappa shape index (κ2) is 11.5. The second-order valence-corrected chi connectivity index (χ2v) is 8.00. The van der Waals surface area contributed by atoms with Crippen LogP contribution in [-0.4, -0.2) is 73.5 Å². The maximum atomic E-state index is 8.89. The average Bonchev–Trinajstić information content (AvgIpc) is 3.31. The molecule has 4 rings (SSSR count). The van der Waals surface area contributed by atoms with Crippen molar-refractivity contribution in [1.29, 1.82) is 0 Å². The second-order valence-electron chi connectivity index (χ2n) is 6.94. The molecule has 4 heterocycles. The van der Waals surface area contributed by atoms with Gasteiger partial charge in [-0.3, -0.25) is 0 Å². The molecular formula is C18H24ClN6O3S2-. The van der Waals surface area contributed by atoms with Gasteiger partial charge in [0, 0.05) is 32.1 Å². The van der Waals surface area contributed by atoms with E-state index in [9.17, 15) is 0 Å². The number of hydrogen-bond donors (Lipinski definition) is 0. The lowest BCUT2D eigenvalue weighted by molar-refractivity contribution is -0.302.